The molecule has 0 aromatic carbocycles. The molecule has 5 nitrogen and oxygen atoms in total. The first-order chi connectivity index (χ1) is 7.58. The highest BCUT2D eigenvalue weighted by Crippen LogP contribution is 2.18. The van der Waals surface area contributed by atoms with E-state index in [1.807, 2.05) is 13.8 Å². The SMILES string of the molecule is C=CC(=O)NC(C)(CCC(C)C)CS(=O)(=O)O. The minimum atomic E-state index is -4.13. The second-order valence-corrected chi connectivity index (χ2v) is 6.37. The van der Waals surface area contributed by atoms with Crippen LogP contribution in [0.5, 0.6) is 0 Å². The van der Waals surface area contributed by atoms with E-state index in [-0.39, 0.29) is 0 Å². The number of rotatable bonds is 7. The van der Waals surface area contributed by atoms with E-state index in [1.54, 1.807) is 6.92 Å². The van der Waals surface area contributed by atoms with E-state index < -0.39 is 27.3 Å². The van der Waals surface area contributed by atoms with Crippen molar-refractivity contribution < 1.29 is 17.8 Å². The average Bonchev–Trinajstić information content (AvgIpc) is 2.11. The van der Waals surface area contributed by atoms with Gasteiger partial charge in [0.15, 0.2) is 0 Å². The van der Waals surface area contributed by atoms with E-state index in [2.05, 4.69) is 11.9 Å². The minimum absolute atomic E-state index is 0.386. The molecule has 0 spiro atoms. The molecule has 0 saturated heterocycles. The van der Waals surface area contributed by atoms with E-state index in [0.29, 0.717) is 12.3 Å². The summed E-state index contributed by atoms with van der Waals surface area (Å²) in [5, 5.41) is 2.56. The third-order valence-corrected chi connectivity index (χ3v) is 3.39. The standard InChI is InChI=1S/C11H21NO4S/c1-5-10(13)12-11(4,7-6-9(2)3)8-17(14,15)16/h5,9H,1,6-8H2,2-4H3,(H,12,13)(H,14,15,16). The number of carbonyl (C=O) groups excluding carboxylic acids is 1. The lowest BCUT2D eigenvalue weighted by Gasteiger charge is -2.29. The van der Waals surface area contributed by atoms with Crippen LogP contribution in [0.25, 0.3) is 0 Å². The Balaban J connectivity index is 4.79. The fourth-order valence-corrected chi connectivity index (χ4v) is 2.55. The smallest absolute Gasteiger partial charge is 0.267 e. The summed E-state index contributed by atoms with van der Waals surface area (Å²) in [5.41, 5.74) is -0.969. The number of carbonyl (C=O) groups is 1. The van der Waals surface area contributed by atoms with Gasteiger partial charge < -0.3 is 5.32 Å². The van der Waals surface area contributed by atoms with E-state index in [4.69, 9.17) is 4.55 Å². The molecule has 0 rings (SSSR count). The van der Waals surface area contributed by atoms with Gasteiger partial charge in [-0.15, -0.1) is 0 Å². The molecule has 100 valence electrons. The maximum atomic E-state index is 11.3. The number of nitrogens with one attached hydrogen (secondary N) is 1. The Morgan fingerprint density at radius 2 is 2.06 bits per heavy atom. The molecule has 1 atom stereocenters. The number of hydrogen-bond acceptors (Lipinski definition) is 3. The molecule has 0 heterocycles. The highest BCUT2D eigenvalue weighted by atomic mass is 32.2. The van der Waals surface area contributed by atoms with Crippen LogP contribution in [0.1, 0.15) is 33.6 Å². The molecule has 0 radical (unpaired) electrons. The van der Waals surface area contributed by atoms with Crippen molar-refractivity contribution in [3.05, 3.63) is 12.7 Å². The van der Waals surface area contributed by atoms with E-state index >= 15 is 0 Å². The molecule has 0 aromatic rings. The Morgan fingerprint density at radius 1 is 1.53 bits per heavy atom. The molecular weight excluding hydrogens is 242 g/mol. The first-order valence-corrected chi connectivity index (χ1v) is 7.08. The lowest BCUT2D eigenvalue weighted by molar-refractivity contribution is -0.118. The zero-order valence-corrected chi connectivity index (χ0v) is 11.4. The number of amides is 1. The van der Waals surface area contributed by atoms with E-state index in [9.17, 15) is 13.2 Å². The van der Waals surface area contributed by atoms with Crippen LogP contribution >= 0.6 is 0 Å². The molecule has 1 amide bonds. The quantitative estimate of drug-likeness (QED) is 0.537. The molecule has 0 aromatic heterocycles. The minimum Gasteiger partial charge on any atom is -0.346 e. The van der Waals surface area contributed by atoms with Gasteiger partial charge in [0.25, 0.3) is 10.1 Å². The second-order valence-electron chi connectivity index (χ2n) is 4.91. The van der Waals surface area contributed by atoms with Crippen molar-refractivity contribution in [2.45, 2.75) is 39.2 Å². The van der Waals surface area contributed by atoms with Crippen LogP contribution in [0.2, 0.25) is 0 Å². The lowest BCUT2D eigenvalue weighted by atomic mass is 9.93. The largest absolute Gasteiger partial charge is 0.346 e. The monoisotopic (exact) mass is 263 g/mol. The summed E-state index contributed by atoms with van der Waals surface area (Å²) in [7, 11) is -4.13. The highest BCUT2D eigenvalue weighted by molar-refractivity contribution is 7.85. The van der Waals surface area contributed by atoms with Crippen molar-refractivity contribution in [3.63, 3.8) is 0 Å². The van der Waals surface area contributed by atoms with E-state index in [0.717, 1.165) is 12.5 Å². The van der Waals surface area contributed by atoms with Crippen LogP contribution in [-0.2, 0) is 14.9 Å². The predicted octanol–water partition coefficient (Wildman–Crippen LogP) is 1.37. The fourth-order valence-electron chi connectivity index (χ4n) is 1.53. The predicted molar refractivity (Wildman–Crippen MR) is 67.2 cm³/mol. The van der Waals surface area contributed by atoms with Gasteiger partial charge in [0.2, 0.25) is 5.91 Å². The summed E-state index contributed by atoms with van der Waals surface area (Å²) in [5.74, 6) is -0.553. The van der Waals surface area contributed by atoms with Gasteiger partial charge in [-0.3, -0.25) is 9.35 Å². The lowest BCUT2D eigenvalue weighted by Crippen LogP contribution is -2.50. The summed E-state index contributed by atoms with van der Waals surface area (Å²) in [4.78, 5) is 11.3. The maximum Gasteiger partial charge on any atom is 0.267 e. The Morgan fingerprint density at radius 3 is 2.41 bits per heavy atom. The summed E-state index contributed by atoms with van der Waals surface area (Å²) in [6, 6.07) is 0. The molecule has 0 bridgehead atoms. The Hall–Kier alpha value is -0.880. The summed E-state index contributed by atoms with van der Waals surface area (Å²) in [6.45, 7) is 8.92. The van der Waals surface area contributed by atoms with E-state index in [1.165, 1.54) is 0 Å². The molecule has 0 fully saturated rings. The zero-order valence-electron chi connectivity index (χ0n) is 10.6. The van der Waals surface area contributed by atoms with Gasteiger partial charge in [-0.2, -0.15) is 8.42 Å². The van der Waals surface area contributed by atoms with Gasteiger partial charge in [0.1, 0.15) is 0 Å². The van der Waals surface area contributed by atoms with Crippen LogP contribution in [0.15, 0.2) is 12.7 Å². The van der Waals surface area contributed by atoms with Crippen LogP contribution in [0, 0.1) is 5.92 Å². The topological polar surface area (TPSA) is 83.5 Å². The van der Waals surface area contributed by atoms with Crippen molar-refractivity contribution in [2.24, 2.45) is 5.92 Å². The van der Waals surface area contributed by atoms with Gasteiger partial charge in [-0.1, -0.05) is 20.4 Å². The second kappa shape index (κ2) is 6.16. The summed E-state index contributed by atoms with van der Waals surface area (Å²) >= 11 is 0. The van der Waals surface area contributed by atoms with Crippen LogP contribution in [0.4, 0.5) is 0 Å². The first kappa shape index (κ1) is 16.1. The van der Waals surface area contributed by atoms with Gasteiger partial charge in [0, 0.05) is 0 Å². The van der Waals surface area contributed by atoms with Crippen LogP contribution in [0.3, 0.4) is 0 Å². The summed E-state index contributed by atoms with van der Waals surface area (Å²) in [6.07, 6.45) is 2.31. The van der Waals surface area contributed by atoms with Gasteiger partial charge >= 0.3 is 0 Å². The van der Waals surface area contributed by atoms with Crippen molar-refractivity contribution >= 4 is 16.0 Å². The Kier molecular flexibility index (Phi) is 5.84. The average molecular weight is 263 g/mol. The molecule has 0 aliphatic heterocycles. The van der Waals surface area contributed by atoms with Crippen molar-refractivity contribution in [2.75, 3.05) is 5.75 Å². The maximum absolute atomic E-state index is 11.3. The third-order valence-electron chi connectivity index (χ3n) is 2.38. The Bertz CT molecular complexity index is 375. The van der Waals surface area contributed by atoms with Crippen LogP contribution < -0.4 is 5.32 Å². The molecule has 2 N–H and O–H groups in total. The molecule has 1 unspecified atom stereocenters. The van der Waals surface area contributed by atoms with Crippen molar-refractivity contribution in [1.29, 1.82) is 0 Å². The van der Waals surface area contributed by atoms with Gasteiger partial charge in [-0.25, -0.2) is 0 Å². The third kappa shape index (κ3) is 7.93. The van der Waals surface area contributed by atoms with Gasteiger partial charge in [-0.05, 0) is 31.8 Å². The normalized spacial score (nSPS) is 15.4. The first-order valence-electron chi connectivity index (χ1n) is 5.48. The molecule has 0 saturated carbocycles. The van der Waals surface area contributed by atoms with Crippen LogP contribution in [-0.4, -0.2) is 30.2 Å². The summed E-state index contributed by atoms with van der Waals surface area (Å²) < 4.78 is 30.8. The van der Waals surface area contributed by atoms with Crippen molar-refractivity contribution in [1.82, 2.24) is 5.32 Å². The van der Waals surface area contributed by atoms with Gasteiger partial charge in [0.05, 0.1) is 11.3 Å². The van der Waals surface area contributed by atoms with Crippen molar-refractivity contribution in [3.8, 4) is 0 Å². The fraction of sp³-hybridized carbons (Fsp3) is 0.727. The molecule has 0 aliphatic rings. The Labute approximate surface area is 103 Å². The number of hydrogen-bond donors (Lipinski definition) is 2. The zero-order chi connectivity index (χ0) is 13.7. The molecule has 17 heavy (non-hydrogen) atoms. The highest BCUT2D eigenvalue weighted by Gasteiger charge is 2.31. The molecular formula is C11H21NO4S. The molecule has 0 aliphatic carbocycles. The molecule has 6 heteroatoms.